The first-order chi connectivity index (χ1) is 11.8. The van der Waals surface area contributed by atoms with Crippen LogP contribution in [0.4, 0.5) is 0 Å². The topological polar surface area (TPSA) is 27.3 Å². The van der Waals surface area contributed by atoms with Crippen molar-refractivity contribution in [1.29, 1.82) is 0 Å². The molecule has 1 aliphatic rings. The highest BCUT2D eigenvalue weighted by Crippen LogP contribution is 2.13. The first kappa shape index (κ1) is 16.9. The fraction of sp³-hybridized carbons (Fsp3) is 0.350. The Bertz CT molecular complexity index is 630. The van der Waals surface area contributed by atoms with Gasteiger partial charge in [-0.05, 0) is 36.2 Å². The molecule has 2 N–H and O–H groups in total. The van der Waals surface area contributed by atoms with Gasteiger partial charge in [-0.3, -0.25) is 4.90 Å². The lowest BCUT2D eigenvalue weighted by Gasteiger charge is -2.18. The summed E-state index contributed by atoms with van der Waals surface area (Å²) in [4.78, 5) is 2.49. The number of hydrogen-bond donors (Lipinski definition) is 2. The molecule has 3 nitrogen and oxygen atoms in total. The van der Waals surface area contributed by atoms with E-state index in [1.54, 1.807) is 0 Å². The van der Waals surface area contributed by atoms with E-state index < -0.39 is 0 Å². The van der Waals surface area contributed by atoms with Crippen molar-refractivity contribution in [3.05, 3.63) is 71.8 Å². The highest BCUT2D eigenvalue weighted by molar-refractivity contribution is 7.80. The van der Waals surface area contributed by atoms with E-state index in [0.717, 1.165) is 44.1 Å². The molecule has 0 aliphatic carbocycles. The lowest BCUT2D eigenvalue weighted by Crippen LogP contribution is -2.43. The van der Waals surface area contributed by atoms with Crippen molar-refractivity contribution in [3.63, 3.8) is 0 Å². The Labute approximate surface area is 150 Å². The molecular formula is C20H25N3S. The van der Waals surface area contributed by atoms with Crippen molar-refractivity contribution in [3.8, 4) is 0 Å². The van der Waals surface area contributed by atoms with E-state index >= 15 is 0 Å². The van der Waals surface area contributed by atoms with E-state index in [-0.39, 0.29) is 0 Å². The summed E-state index contributed by atoms with van der Waals surface area (Å²) in [7, 11) is 0. The zero-order valence-corrected chi connectivity index (χ0v) is 14.8. The van der Waals surface area contributed by atoms with Crippen molar-refractivity contribution in [2.24, 2.45) is 0 Å². The molecule has 2 aromatic carbocycles. The lowest BCUT2D eigenvalue weighted by molar-refractivity contribution is 0.324. The van der Waals surface area contributed by atoms with E-state index in [0.29, 0.717) is 6.04 Å². The number of hydrogen-bond acceptors (Lipinski definition) is 2. The molecular weight excluding hydrogens is 314 g/mol. The third-order valence-corrected chi connectivity index (χ3v) is 4.66. The molecule has 0 aromatic heterocycles. The molecule has 0 unspecified atom stereocenters. The molecule has 0 saturated carbocycles. The van der Waals surface area contributed by atoms with E-state index in [4.69, 9.17) is 12.2 Å². The van der Waals surface area contributed by atoms with Crippen molar-refractivity contribution in [2.45, 2.75) is 25.4 Å². The number of thiocarbonyl (C=S) groups is 1. The van der Waals surface area contributed by atoms with Gasteiger partial charge in [0.2, 0.25) is 0 Å². The summed E-state index contributed by atoms with van der Waals surface area (Å²) in [6, 6.07) is 21.6. The molecule has 1 fully saturated rings. The second kappa shape index (κ2) is 8.81. The smallest absolute Gasteiger partial charge is 0.166 e. The van der Waals surface area contributed by atoms with Gasteiger partial charge in [-0.1, -0.05) is 60.7 Å². The molecule has 1 heterocycles. The van der Waals surface area contributed by atoms with E-state index in [9.17, 15) is 0 Å². The second-order valence-corrected chi connectivity index (χ2v) is 6.75. The van der Waals surface area contributed by atoms with E-state index in [2.05, 4.69) is 70.1 Å². The Morgan fingerprint density at radius 2 is 1.67 bits per heavy atom. The number of rotatable bonds is 6. The summed E-state index contributed by atoms with van der Waals surface area (Å²) in [5, 5.41) is 7.56. The molecule has 0 spiro atoms. The molecule has 1 aliphatic heterocycles. The molecule has 0 amide bonds. The van der Waals surface area contributed by atoms with Gasteiger partial charge >= 0.3 is 0 Å². The third kappa shape index (κ3) is 5.32. The number of likely N-dealkylation sites (tertiary alicyclic amines) is 1. The fourth-order valence-corrected chi connectivity index (χ4v) is 3.41. The van der Waals surface area contributed by atoms with Crippen LogP contribution in [0.2, 0.25) is 0 Å². The van der Waals surface area contributed by atoms with Crippen molar-refractivity contribution < 1.29 is 0 Å². The Morgan fingerprint density at radius 1 is 1.00 bits per heavy atom. The zero-order chi connectivity index (χ0) is 16.6. The van der Waals surface area contributed by atoms with Crippen LogP contribution in [0.1, 0.15) is 17.5 Å². The largest absolute Gasteiger partial charge is 0.362 e. The van der Waals surface area contributed by atoms with Crippen LogP contribution >= 0.6 is 12.2 Å². The predicted octanol–water partition coefficient (Wildman–Crippen LogP) is 2.97. The number of nitrogens with one attached hydrogen (secondary N) is 2. The van der Waals surface area contributed by atoms with Crippen LogP contribution in [-0.2, 0) is 13.0 Å². The predicted molar refractivity (Wildman–Crippen MR) is 104 cm³/mol. The monoisotopic (exact) mass is 339 g/mol. The van der Waals surface area contributed by atoms with Gasteiger partial charge in [-0.2, -0.15) is 0 Å². The van der Waals surface area contributed by atoms with E-state index in [1.165, 1.54) is 11.1 Å². The van der Waals surface area contributed by atoms with Crippen molar-refractivity contribution in [1.82, 2.24) is 15.5 Å². The van der Waals surface area contributed by atoms with E-state index in [1.807, 2.05) is 6.07 Å². The van der Waals surface area contributed by atoms with Gasteiger partial charge in [0.15, 0.2) is 5.11 Å². The minimum absolute atomic E-state index is 0.449. The minimum atomic E-state index is 0.449. The molecule has 0 bridgehead atoms. The van der Waals surface area contributed by atoms with Gasteiger partial charge in [0.1, 0.15) is 0 Å². The maximum Gasteiger partial charge on any atom is 0.166 e. The Hall–Kier alpha value is -1.91. The molecule has 24 heavy (non-hydrogen) atoms. The Morgan fingerprint density at radius 3 is 2.38 bits per heavy atom. The Kier molecular flexibility index (Phi) is 6.21. The summed E-state index contributed by atoms with van der Waals surface area (Å²) in [6.45, 7) is 4.07. The van der Waals surface area contributed by atoms with Crippen LogP contribution in [0.15, 0.2) is 60.7 Å². The van der Waals surface area contributed by atoms with Gasteiger partial charge in [0, 0.05) is 32.2 Å². The quantitative estimate of drug-likeness (QED) is 0.791. The highest BCUT2D eigenvalue weighted by Gasteiger charge is 2.22. The minimum Gasteiger partial charge on any atom is -0.362 e. The molecule has 0 radical (unpaired) electrons. The average molecular weight is 340 g/mol. The molecule has 2 aromatic rings. The molecule has 1 saturated heterocycles. The van der Waals surface area contributed by atoms with Gasteiger partial charge in [-0.25, -0.2) is 0 Å². The summed E-state index contributed by atoms with van der Waals surface area (Å²) < 4.78 is 0. The normalized spacial score (nSPS) is 17.6. The lowest BCUT2D eigenvalue weighted by atomic mass is 10.1. The average Bonchev–Trinajstić information content (AvgIpc) is 3.03. The molecule has 1 atom stereocenters. The van der Waals surface area contributed by atoms with Crippen LogP contribution in [0.5, 0.6) is 0 Å². The first-order valence-electron chi connectivity index (χ1n) is 8.64. The number of benzene rings is 2. The second-order valence-electron chi connectivity index (χ2n) is 6.34. The molecule has 126 valence electrons. The van der Waals surface area contributed by atoms with Crippen LogP contribution in [0, 0.1) is 0 Å². The summed E-state index contributed by atoms with van der Waals surface area (Å²) >= 11 is 5.43. The maximum absolute atomic E-state index is 5.43. The van der Waals surface area contributed by atoms with Gasteiger partial charge in [0.05, 0.1) is 0 Å². The zero-order valence-electron chi connectivity index (χ0n) is 13.9. The first-order valence-corrected chi connectivity index (χ1v) is 9.05. The summed E-state index contributed by atoms with van der Waals surface area (Å²) in [6.07, 6.45) is 2.14. The Balaban J connectivity index is 1.35. The van der Waals surface area contributed by atoms with Gasteiger partial charge in [0.25, 0.3) is 0 Å². The van der Waals surface area contributed by atoms with Crippen molar-refractivity contribution in [2.75, 3.05) is 19.6 Å². The van der Waals surface area contributed by atoms with Crippen LogP contribution in [-0.4, -0.2) is 35.7 Å². The summed E-state index contributed by atoms with van der Waals surface area (Å²) in [5.41, 5.74) is 2.71. The third-order valence-electron chi connectivity index (χ3n) is 4.40. The SMILES string of the molecule is S=C(NCCc1ccccc1)N[C@@H]1CCN(Cc2ccccc2)C1. The fourth-order valence-electron chi connectivity index (χ4n) is 3.14. The van der Waals surface area contributed by atoms with Gasteiger partial charge < -0.3 is 10.6 Å². The molecule has 4 heteroatoms. The maximum atomic E-state index is 5.43. The van der Waals surface area contributed by atoms with Crippen LogP contribution in [0.25, 0.3) is 0 Å². The van der Waals surface area contributed by atoms with Crippen LogP contribution < -0.4 is 10.6 Å². The van der Waals surface area contributed by atoms with Crippen molar-refractivity contribution >= 4 is 17.3 Å². The van der Waals surface area contributed by atoms with Crippen LogP contribution in [0.3, 0.4) is 0 Å². The highest BCUT2D eigenvalue weighted by atomic mass is 32.1. The number of nitrogens with zero attached hydrogens (tertiary/aromatic N) is 1. The standard InChI is InChI=1S/C20H25N3S/c24-20(21-13-11-17-7-3-1-4-8-17)22-19-12-14-23(16-19)15-18-9-5-2-6-10-18/h1-10,19H,11-16H2,(H2,21,22,24)/t19-/m1/s1. The van der Waals surface area contributed by atoms with Gasteiger partial charge in [-0.15, -0.1) is 0 Å². The summed E-state index contributed by atoms with van der Waals surface area (Å²) in [5.74, 6) is 0. The molecule has 3 rings (SSSR count).